The number of H-pyrrole nitrogens is 1. The van der Waals surface area contributed by atoms with E-state index in [4.69, 9.17) is 0 Å². The first kappa shape index (κ1) is 16.9. The molecule has 0 aliphatic carbocycles. The van der Waals surface area contributed by atoms with Crippen LogP contribution >= 0.6 is 0 Å². The van der Waals surface area contributed by atoms with Gasteiger partial charge < -0.3 is 15.0 Å². The monoisotopic (exact) mass is 348 g/mol. The number of rotatable bonds is 3. The number of amides is 1. The molecule has 1 aromatic heterocycles. The summed E-state index contributed by atoms with van der Waals surface area (Å²) < 4.78 is 0. The van der Waals surface area contributed by atoms with Gasteiger partial charge in [-0.2, -0.15) is 0 Å². The number of aromatic nitrogens is 1. The highest BCUT2D eigenvalue weighted by molar-refractivity contribution is 5.95. The third-order valence-electron chi connectivity index (χ3n) is 5.41. The van der Waals surface area contributed by atoms with Crippen molar-refractivity contribution >= 4 is 16.8 Å². The van der Waals surface area contributed by atoms with Gasteiger partial charge in [-0.05, 0) is 41.7 Å². The van der Waals surface area contributed by atoms with Gasteiger partial charge in [0, 0.05) is 22.2 Å². The van der Waals surface area contributed by atoms with Crippen LogP contribution in [0.25, 0.3) is 10.9 Å². The second-order valence-electron chi connectivity index (χ2n) is 7.38. The fraction of sp³-hybridized carbons (Fsp3) is 0.318. The van der Waals surface area contributed by atoms with Crippen LogP contribution in [0.4, 0.5) is 0 Å². The van der Waals surface area contributed by atoms with Crippen molar-refractivity contribution in [3.05, 3.63) is 70.9 Å². The molecule has 3 aromatic rings. The Labute approximate surface area is 153 Å². The summed E-state index contributed by atoms with van der Waals surface area (Å²) in [6.07, 6.45) is 0.672. The molecule has 134 valence electrons. The molecule has 1 aliphatic rings. The summed E-state index contributed by atoms with van der Waals surface area (Å²) in [6, 6.07) is 15.8. The van der Waals surface area contributed by atoms with Crippen molar-refractivity contribution in [1.82, 2.24) is 9.88 Å². The third kappa shape index (κ3) is 2.80. The highest BCUT2D eigenvalue weighted by atomic mass is 16.3. The average Bonchev–Trinajstić information content (AvgIpc) is 3.04. The van der Waals surface area contributed by atoms with Gasteiger partial charge in [0.05, 0.1) is 19.2 Å². The van der Waals surface area contributed by atoms with Gasteiger partial charge in [0.1, 0.15) is 0 Å². The summed E-state index contributed by atoms with van der Waals surface area (Å²) in [5, 5.41) is 11.1. The highest BCUT2D eigenvalue weighted by Crippen LogP contribution is 2.31. The molecule has 1 aliphatic heterocycles. The molecule has 0 spiro atoms. The lowest BCUT2D eigenvalue weighted by Gasteiger charge is -2.35. The van der Waals surface area contributed by atoms with Gasteiger partial charge in [-0.15, -0.1) is 0 Å². The maximum absolute atomic E-state index is 13.1. The first-order chi connectivity index (χ1) is 12.6. The van der Waals surface area contributed by atoms with Crippen molar-refractivity contribution in [2.24, 2.45) is 0 Å². The molecule has 2 aromatic carbocycles. The summed E-state index contributed by atoms with van der Waals surface area (Å²) in [5.74, 6) is 0.414. The minimum atomic E-state index is -0.195. The molecule has 1 amide bonds. The van der Waals surface area contributed by atoms with Crippen LogP contribution in [0.3, 0.4) is 0 Å². The molecular weight excluding hydrogens is 324 g/mol. The number of carbonyl (C=O) groups excluding carboxylic acids is 1. The molecule has 0 fully saturated rings. The van der Waals surface area contributed by atoms with E-state index in [1.165, 1.54) is 16.5 Å². The van der Waals surface area contributed by atoms with Crippen LogP contribution in [0.2, 0.25) is 0 Å². The van der Waals surface area contributed by atoms with E-state index in [2.05, 4.69) is 31.0 Å². The van der Waals surface area contributed by atoms with E-state index in [0.29, 0.717) is 24.4 Å². The van der Waals surface area contributed by atoms with E-state index in [9.17, 15) is 9.90 Å². The van der Waals surface area contributed by atoms with Crippen molar-refractivity contribution in [3.8, 4) is 0 Å². The van der Waals surface area contributed by atoms with E-state index in [1.54, 1.807) is 4.90 Å². The molecule has 0 bridgehead atoms. The molecule has 2 heterocycles. The van der Waals surface area contributed by atoms with Gasteiger partial charge in [-0.1, -0.05) is 44.2 Å². The molecule has 26 heavy (non-hydrogen) atoms. The Kier molecular flexibility index (Phi) is 4.29. The Balaban J connectivity index is 1.66. The molecule has 4 nitrogen and oxygen atoms in total. The number of para-hydroxylation sites is 1. The van der Waals surface area contributed by atoms with Gasteiger partial charge in [-0.3, -0.25) is 4.79 Å². The zero-order valence-corrected chi connectivity index (χ0v) is 15.2. The van der Waals surface area contributed by atoms with Gasteiger partial charge in [0.15, 0.2) is 0 Å². The maximum Gasteiger partial charge on any atom is 0.254 e. The summed E-state index contributed by atoms with van der Waals surface area (Å²) in [5.41, 5.74) is 5.27. The highest BCUT2D eigenvalue weighted by Gasteiger charge is 2.32. The van der Waals surface area contributed by atoms with Crippen LogP contribution in [0.5, 0.6) is 0 Å². The zero-order valence-electron chi connectivity index (χ0n) is 15.2. The Hall–Kier alpha value is -2.59. The number of hydrogen-bond acceptors (Lipinski definition) is 2. The van der Waals surface area contributed by atoms with Crippen LogP contribution in [-0.4, -0.2) is 33.5 Å². The molecule has 1 unspecified atom stereocenters. The lowest BCUT2D eigenvalue weighted by molar-refractivity contribution is 0.0541. The van der Waals surface area contributed by atoms with E-state index in [-0.39, 0.29) is 18.6 Å². The van der Waals surface area contributed by atoms with E-state index in [1.807, 2.05) is 36.4 Å². The standard InChI is InChI=1S/C22H24N2O2/c1-14(2)15-7-9-16(10-8-15)22(26)24-12-21-19(11-17(24)13-25)18-5-3-4-6-20(18)23-21/h3-10,14,17,23,25H,11-13H2,1-2H3. The number of aliphatic hydroxyl groups excluding tert-OH is 1. The van der Waals surface area contributed by atoms with Crippen LogP contribution < -0.4 is 0 Å². The summed E-state index contributed by atoms with van der Waals surface area (Å²) in [6.45, 7) is 4.75. The number of fused-ring (bicyclic) bond motifs is 3. The van der Waals surface area contributed by atoms with Gasteiger partial charge in [0.2, 0.25) is 0 Å². The molecule has 0 saturated carbocycles. The number of carbonyl (C=O) groups is 1. The van der Waals surface area contributed by atoms with Crippen molar-refractivity contribution in [3.63, 3.8) is 0 Å². The Morgan fingerprint density at radius 2 is 1.92 bits per heavy atom. The summed E-state index contributed by atoms with van der Waals surface area (Å²) >= 11 is 0. The van der Waals surface area contributed by atoms with E-state index >= 15 is 0 Å². The average molecular weight is 348 g/mol. The first-order valence-electron chi connectivity index (χ1n) is 9.18. The molecule has 2 N–H and O–H groups in total. The smallest absolute Gasteiger partial charge is 0.254 e. The SMILES string of the molecule is CC(C)c1ccc(C(=O)N2Cc3[nH]c4ccccc4c3CC2CO)cc1. The van der Waals surface area contributed by atoms with Crippen molar-refractivity contribution in [1.29, 1.82) is 0 Å². The van der Waals surface area contributed by atoms with Crippen molar-refractivity contribution in [2.45, 2.75) is 38.8 Å². The second-order valence-corrected chi connectivity index (χ2v) is 7.38. The predicted molar refractivity (Wildman–Crippen MR) is 103 cm³/mol. The fourth-order valence-electron chi connectivity index (χ4n) is 3.85. The summed E-state index contributed by atoms with van der Waals surface area (Å²) in [4.78, 5) is 18.3. The quantitative estimate of drug-likeness (QED) is 0.755. The fourth-order valence-corrected chi connectivity index (χ4v) is 3.85. The molecule has 0 radical (unpaired) electrons. The first-order valence-corrected chi connectivity index (χ1v) is 9.18. The van der Waals surface area contributed by atoms with Gasteiger partial charge in [-0.25, -0.2) is 0 Å². The van der Waals surface area contributed by atoms with Gasteiger partial charge >= 0.3 is 0 Å². The number of aliphatic hydroxyl groups is 1. The van der Waals surface area contributed by atoms with Gasteiger partial charge in [0.25, 0.3) is 5.91 Å². The Bertz CT molecular complexity index is 940. The van der Waals surface area contributed by atoms with Crippen LogP contribution in [0.1, 0.15) is 46.9 Å². The molecule has 0 saturated heterocycles. The minimum Gasteiger partial charge on any atom is -0.394 e. The topological polar surface area (TPSA) is 56.3 Å². The largest absolute Gasteiger partial charge is 0.394 e. The Morgan fingerprint density at radius 1 is 1.19 bits per heavy atom. The maximum atomic E-state index is 13.1. The van der Waals surface area contributed by atoms with Crippen LogP contribution in [-0.2, 0) is 13.0 Å². The number of nitrogens with one attached hydrogen (secondary N) is 1. The molecule has 4 rings (SSSR count). The number of nitrogens with zero attached hydrogens (tertiary/aromatic N) is 1. The van der Waals surface area contributed by atoms with Crippen LogP contribution in [0, 0.1) is 0 Å². The number of benzene rings is 2. The molecular formula is C22H24N2O2. The van der Waals surface area contributed by atoms with Crippen LogP contribution in [0.15, 0.2) is 48.5 Å². The zero-order chi connectivity index (χ0) is 18.3. The Morgan fingerprint density at radius 3 is 2.62 bits per heavy atom. The molecule has 4 heteroatoms. The second kappa shape index (κ2) is 6.61. The lowest BCUT2D eigenvalue weighted by Crippen LogP contribution is -2.46. The third-order valence-corrected chi connectivity index (χ3v) is 5.41. The number of hydrogen-bond donors (Lipinski definition) is 2. The normalized spacial score (nSPS) is 16.9. The van der Waals surface area contributed by atoms with Crippen molar-refractivity contribution in [2.75, 3.05) is 6.61 Å². The van der Waals surface area contributed by atoms with E-state index < -0.39 is 0 Å². The molecule has 1 atom stereocenters. The number of aromatic amines is 1. The minimum absolute atomic E-state index is 0.0244. The predicted octanol–water partition coefficient (Wildman–Crippen LogP) is 3.85. The summed E-state index contributed by atoms with van der Waals surface area (Å²) in [7, 11) is 0. The lowest BCUT2D eigenvalue weighted by atomic mass is 9.95. The van der Waals surface area contributed by atoms with E-state index in [0.717, 1.165) is 11.2 Å². The van der Waals surface area contributed by atoms with Crippen molar-refractivity contribution < 1.29 is 9.90 Å².